The molecule has 1 atom stereocenters. The number of rotatable bonds is 6. The van der Waals surface area contributed by atoms with Crippen LogP contribution in [0.25, 0.3) is 0 Å². The van der Waals surface area contributed by atoms with Gasteiger partial charge in [-0.25, -0.2) is 4.39 Å². The lowest BCUT2D eigenvalue weighted by Crippen LogP contribution is -2.50. The first-order chi connectivity index (χ1) is 13.5. The fourth-order valence-corrected chi connectivity index (χ4v) is 4.26. The SMILES string of the molecule is COc1ccc(S[C@H](C)C(=O)N2CCN(c3ccccc3F)CC2)cc1OC. The average Bonchev–Trinajstić information content (AvgIpc) is 2.73. The van der Waals surface area contributed by atoms with Gasteiger partial charge in [0.1, 0.15) is 5.82 Å². The van der Waals surface area contributed by atoms with E-state index in [2.05, 4.69) is 0 Å². The highest BCUT2D eigenvalue weighted by atomic mass is 32.2. The zero-order valence-electron chi connectivity index (χ0n) is 16.4. The summed E-state index contributed by atoms with van der Waals surface area (Å²) < 4.78 is 24.6. The van der Waals surface area contributed by atoms with E-state index in [1.807, 2.05) is 41.0 Å². The fraction of sp³-hybridized carbons (Fsp3) is 0.381. The molecule has 1 amide bonds. The minimum atomic E-state index is -0.224. The van der Waals surface area contributed by atoms with Crippen molar-refractivity contribution in [3.63, 3.8) is 0 Å². The van der Waals surface area contributed by atoms with Crippen molar-refractivity contribution in [3.05, 3.63) is 48.3 Å². The number of halogens is 1. The maximum absolute atomic E-state index is 14.0. The molecule has 1 fully saturated rings. The van der Waals surface area contributed by atoms with E-state index in [1.165, 1.54) is 17.8 Å². The summed E-state index contributed by atoms with van der Waals surface area (Å²) in [6.07, 6.45) is 0. The Morgan fingerprint density at radius 3 is 2.36 bits per heavy atom. The number of para-hydroxylation sites is 1. The van der Waals surface area contributed by atoms with E-state index in [0.717, 1.165) is 4.90 Å². The largest absolute Gasteiger partial charge is 0.493 e. The molecule has 1 aliphatic heterocycles. The number of benzene rings is 2. The van der Waals surface area contributed by atoms with Crippen molar-refractivity contribution in [2.24, 2.45) is 0 Å². The molecule has 2 aromatic carbocycles. The van der Waals surface area contributed by atoms with Gasteiger partial charge in [0.25, 0.3) is 0 Å². The minimum absolute atomic E-state index is 0.0907. The van der Waals surface area contributed by atoms with E-state index in [4.69, 9.17) is 9.47 Å². The van der Waals surface area contributed by atoms with Gasteiger partial charge in [0.05, 0.1) is 25.2 Å². The number of hydrogen-bond acceptors (Lipinski definition) is 5. The van der Waals surface area contributed by atoms with E-state index in [0.29, 0.717) is 43.4 Å². The van der Waals surface area contributed by atoms with Gasteiger partial charge in [-0.2, -0.15) is 0 Å². The Morgan fingerprint density at radius 2 is 1.71 bits per heavy atom. The molecule has 2 aromatic rings. The second kappa shape index (κ2) is 9.19. The Hall–Kier alpha value is -2.41. The molecule has 0 aliphatic carbocycles. The van der Waals surface area contributed by atoms with Crippen LogP contribution in [0, 0.1) is 5.82 Å². The van der Waals surface area contributed by atoms with E-state index < -0.39 is 0 Å². The second-order valence-electron chi connectivity index (χ2n) is 6.54. The van der Waals surface area contributed by atoms with Gasteiger partial charge >= 0.3 is 0 Å². The number of carbonyl (C=O) groups excluding carboxylic acids is 1. The summed E-state index contributed by atoms with van der Waals surface area (Å²) in [5, 5.41) is -0.224. The summed E-state index contributed by atoms with van der Waals surface area (Å²) in [6, 6.07) is 12.4. The normalized spacial score (nSPS) is 15.3. The van der Waals surface area contributed by atoms with E-state index >= 15 is 0 Å². The fourth-order valence-electron chi connectivity index (χ4n) is 3.28. The Morgan fingerprint density at radius 1 is 1.04 bits per heavy atom. The number of thioether (sulfide) groups is 1. The zero-order valence-corrected chi connectivity index (χ0v) is 17.2. The molecule has 0 unspecified atom stereocenters. The maximum Gasteiger partial charge on any atom is 0.235 e. The van der Waals surface area contributed by atoms with Gasteiger partial charge in [-0.05, 0) is 37.3 Å². The predicted octanol–water partition coefficient (Wildman–Crippen LogP) is 3.67. The van der Waals surface area contributed by atoms with Crippen molar-refractivity contribution in [2.45, 2.75) is 17.1 Å². The van der Waals surface area contributed by atoms with Gasteiger partial charge in [0.15, 0.2) is 11.5 Å². The van der Waals surface area contributed by atoms with Crippen molar-refractivity contribution >= 4 is 23.4 Å². The van der Waals surface area contributed by atoms with Crippen LogP contribution in [0.3, 0.4) is 0 Å². The number of hydrogen-bond donors (Lipinski definition) is 0. The first-order valence-electron chi connectivity index (χ1n) is 9.20. The lowest BCUT2D eigenvalue weighted by Gasteiger charge is -2.37. The van der Waals surface area contributed by atoms with Crippen LogP contribution in [0.4, 0.5) is 10.1 Å². The molecule has 0 aromatic heterocycles. The predicted molar refractivity (Wildman–Crippen MR) is 110 cm³/mol. The van der Waals surface area contributed by atoms with E-state index in [1.54, 1.807) is 26.4 Å². The molecule has 1 saturated heterocycles. The number of amides is 1. The standard InChI is InChI=1S/C21H25FN2O3S/c1-15(28-16-8-9-19(26-2)20(14-16)27-3)21(25)24-12-10-23(11-13-24)18-7-5-4-6-17(18)22/h4-9,14-15H,10-13H2,1-3H3/t15-/m1/s1. The van der Waals surface area contributed by atoms with Crippen LogP contribution in [0.1, 0.15) is 6.92 Å². The molecular formula is C21H25FN2O3S. The molecule has 0 radical (unpaired) electrons. The molecular weight excluding hydrogens is 379 g/mol. The number of carbonyl (C=O) groups is 1. The van der Waals surface area contributed by atoms with Gasteiger partial charge in [0, 0.05) is 31.1 Å². The highest BCUT2D eigenvalue weighted by Gasteiger charge is 2.26. The smallest absolute Gasteiger partial charge is 0.235 e. The summed E-state index contributed by atoms with van der Waals surface area (Å²) in [4.78, 5) is 17.6. The molecule has 0 spiro atoms. The van der Waals surface area contributed by atoms with Crippen LogP contribution < -0.4 is 14.4 Å². The molecule has 150 valence electrons. The van der Waals surface area contributed by atoms with Gasteiger partial charge in [-0.3, -0.25) is 4.79 Å². The van der Waals surface area contributed by atoms with Crippen LogP contribution in [-0.4, -0.2) is 56.5 Å². The van der Waals surface area contributed by atoms with Gasteiger partial charge in [-0.1, -0.05) is 12.1 Å². The quantitative estimate of drug-likeness (QED) is 0.687. The Labute approximate surface area is 169 Å². The molecule has 0 bridgehead atoms. The van der Waals surface area contributed by atoms with Crippen LogP contribution in [0.15, 0.2) is 47.4 Å². The van der Waals surface area contributed by atoms with Crippen molar-refractivity contribution in [1.29, 1.82) is 0 Å². The Kier molecular flexibility index (Phi) is 6.67. The number of nitrogens with zero attached hydrogens (tertiary/aromatic N) is 2. The van der Waals surface area contributed by atoms with Crippen LogP contribution in [0.2, 0.25) is 0 Å². The first kappa shape index (κ1) is 20.3. The molecule has 1 aliphatic rings. The topological polar surface area (TPSA) is 42.0 Å². The molecule has 28 heavy (non-hydrogen) atoms. The number of ether oxygens (including phenoxy) is 2. The summed E-state index contributed by atoms with van der Waals surface area (Å²) in [5.74, 6) is 1.17. The van der Waals surface area contributed by atoms with Gasteiger partial charge < -0.3 is 19.3 Å². The van der Waals surface area contributed by atoms with Crippen LogP contribution >= 0.6 is 11.8 Å². The molecule has 1 heterocycles. The average molecular weight is 405 g/mol. The van der Waals surface area contributed by atoms with Gasteiger partial charge in [-0.15, -0.1) is 11.8 Å². The Balaban J connectivity index is 1.58. The number of methoxy groups -OCH3 is 2. The molecule has 5 nitrogen and oxygen atoms in total. The third-order valence-electron chi connectivity index (χ3n) is 4.80. The summed E-state index contributed by atoms with van der Waals surface area (Å²) in [5.41, 5.74) is 0.599. The maximum atomic E-state index is 14.0. The van der Waals surface area contributed by atoms with Crippen LogP contribution in [-0.2, 0) is 4.79 Å². The lowest BCUT2D eigenvalue weighted by atomic mass is 10.2. The lowest BCUT2D eigenvalue weighted by molar-refractivity contribution is -0.130. The summed E-state index contributed by atoms with van der Waals surface area (Å²) in [6.45, 7) is 4.34. The molecule has 3 rings (SSSR count). The monoisotopic (exact) mass is 404 g/mol. The van der Waals surface area contributed by atoms with Crippen molar-refractivity contribution in [3.8, 4) is 11.5 Å². The van der Waals surface area contributed by atoms with Crippen molar-refractivity contribution in [2.75, 3.05) is 45.3 Å². The third-order valence-corrected chi connectivity index (χ3v) is 5.88. The van der Waals surface area contributed by atoms with Crippen molar-refractivity contribution < 1.29 is 18.7 Å². The number of anilines is 1. The molecule has 0 N–H and O–H groups in total. The van der Waals surface area contributed by atoms with E-state index in [-0.39, 0.29) is 17.0 Å². The summed E-state index contributed by atoms with van der Waals surface area (Å²) in [7, 11) is 3.19. The van der Waals surface area contributed by atoms with Crippen molar-refractivity contribution in [1.82, 2.24) is 4.90 Å². The van der Waals surface area contributed by atoms with Crippen LogP contribution in [0.5, 0.6) is 11.5 Å². The third kappa shape index (κ3) is 4.52. The highest BCUT2D eigenvalue weighted by Crippen LogP contribution is 2.34. The minimum Gasteiger partial charge on any atom is -0.493 e. The Bertz CT molecular complexity index is 825. The molecule has 7 heteroatoms. The van der Waals surface area contributed by atoms with Gasteiger partial charge in [0.2, 0.25) is 5.91 Å². The second-order valence-corrected chi connectivity index (χ2v) is 7.95. The zero-order chi connectivity index (χ0) is 20.1. The summed E-state index contributed by atoms with van der Waals surface area (Å²) >= 11 is 1.49. The first-order valence-corrected chi connectivity index (χ1v) is 10.1. The number of piperazine rings is 1. The van der Waals surface area contributed by atoms with E-state index in [9.17, 15) is 9.18 Å². The molecule has 0 saturated carbocycles. The highest BCUT2D eigenvalue weighted by molar-refractivity contribution is 8.00.